The average Bonchev–Trinajstić information content (AvgIpc) is 2.81. The molecule has 1 amide bonds. The SMILES string of the molecule is NCC1(CC(=O)Nc2ccc3c(c2)OCO3)CCC1. The molecule has 2 aliphatic rings. The number of carbonyl (C=O) groups excluding carboxylic acids is 1. The Kier molecular flexibility index (Phi) is 3.06. The summed E-state index contributed by atoms with van der Waals surface area (Å²) >= 11 is 0. The zero-order valence-electron chi connectivity index (χ0n) is 10.8. The van der Waals surface area contributed by atoms with Crippen LogP contribution in [0.25, 0.3) is 0 Å². The quantitative estimate of drug-likeness (QED) is 0.868. The standard InChI is InChI=1S/C14H18N2O3/c15-8-14(4-1-5-14)7-13(17)16-10-2-3-11-12(6-10)19-9-18-11/h2-3,6H,1,4-5,7-9,15H2,(H,16,17). The van der Waals surface area contributed by atoms with Gasteiger partial charge in [0.2, 0.25) is 12.7 Å². The van der Waals surface area contributed by atoms with Crippen molar-refractivity contribution in [2.75, 3.05) is 18.7 Å². The molecule has 3 N–H and O–H groups in total. The van der Waals surface area contributed by atoms with E-state index >= 15 is 0 Å². The lowest BCUT2D eigenvalue weighted by atomic mass is 9.66. The normalized spacial score (nSPS) is 18.8. The van der Waals surface area contributed by atoms with Crippen LogP contribution in [0.1, 0.15) is 25.7 Å². The molecule has 0 atom stereocenters. The molecule has 0 radical (unpaired) electrons. The van der Waals surface area contributed by atoms with Gasteiger partial charge in [0.1, 0.15) is 0 Å². The van der Waals surface area contributed by atoms with E-state index in [1.54, 1.807) is 12.1 Å². The third-order valence-electron chi connectivity index (χ3n) is 4.04. The van der Waals surface area contributed by atoms with E-state index < -0.39 is 0 Å². The van der Waals surface area contributed by atoms with Crippen molar-refractivity contribution < 1.29 is 14.3 Å². The van der Waals surface area contributed by atoms with Gasteiger partial charge in [-0.1, -0.05) is 6.42 Å². The number of nitrogens with one attached hydrogen (secondary N) is 1. The average molecular weight is 262 g/mol. The van der Waals surface area contributed by atoms with Gasteiger partial charge in [-0.2, -0.15) is 0 Å². The van der Waals surface area contributed by atoms with Crippen LogP contribution in [0, 0.1) is 5.41 Å². The number of anilines is 1. The summed E-state index contributed by atoms with van der Waals surface area (Å²) in [7, 11) is 0. The number of benzene rings is 1. The highest BCUT2D eigenvalue weighted by atomic mass is 16.7. The number of fused-ring (bicyclic) bond motifs is 1. The first-order chi connectivity index (χ1) is 9.21. The zero-order valence-corrected chi connectivity index (χ0v) is 10.8. The van der Waals surface area contributed by atoms with Crippen molar-refractivity contribution >= 4 is 11.6 Å². The summed E-state index contributed by atoms with van der Waals surface area (Å²) in [5.74, 6) is 1.41. The molecule has 5 nitrogen and oxygen atoms in total. The topological polar surface area (TPSA) is 73.6 Å². The van der Waals surface area contributed by atoms with Gasteiger partial charge in [0.05, 0.1) is 0 Å². The highest BCUT2D eigenvalue weighted by molar-refractivity contribution is 5.91. The van der Waals surface area contributed by atoms with E-state index in [4.69, 9.17) is 15.2 Å². The van der Waals surface area contributed by atoms with E-state index in [-0.39, 0.29) is 18.1 Å². The van der Waals surface area contributed by atoms with Crippen LogP contribution in [0.2, 0.25) is 0 Å². The van der Waals surface area contributed by atoms with Gasteiger partial charge >= 0.3 is 0 Å². The Labute approximate surface area is 112 Å². The van der Waals surface area contributed by atoms with Crippen LogP contribution in [0.5, 0.6) is 11.5 Å². The second-order valence-corrected chi connectivity index (χ2v) is 5.35. The lowest BCUT2D eigenvalue weighted by Crippen LogP contribution is -2.40. The fourth-order valence-electron chi connectivity index (χ4n) is 2.65. The summed E-state index contributed by atoms with van der Waals surface area (Å²) in [5, 5.41) is 2.90. The minimum absolute atomic E-state index is 0.0176. The van der Waals surface area contributed by atoms with Crippen LogP contribution in [0.3, 0.4) is 0 Å². The lowest BCUT2D eigenvalue weighted by molar-refractivity contribution is -0.119. The summed E-state index contributed by atoms with van der Waals surface area (Å²) in [5.41, 5.74) is 6.53. The highest BCUT2D eigenvalue weighted by Crippen LogP contribution is 2.43. The van der Waals surface area contributed by atoms with Crippen molar-refractivity contribution in [3.8, 4) is 11.5 Å². The summed E-state index contributed by atoms with van der Waals surface area (Å²) in [4.78, 5) is 12.0. The molecule has 1 saturated carbocycles. The van der Waals surface area contributed by atoms with E-state index in [1.165, 1.54) is 6.42 Å². The van der Waals surface area contributed by atoms with Crippen molar-refractivity contribution in [3.05, 3.63) is 18.2 Å². The van der Waals surface area contributed by atoms with E-state index in [0.717, 1.165) is 24.3 Å². The van der Waals surface area contributed by atoms with Gasteiger partial charge in [-0.05, 0) is 36.9 Å². The summed E-state index contributed by atoms with van der Waals surface area (Å²) in [6, 6.07) is 5.41. The third kappa shape index (κ3) is 2.38. The molecule has 1 aliphatic carbocycles. The maximum Gasteiger partial charge on any atom is 0.231 e. The molecule has 0 saturated heterocycles. The van der Waals surface area contributed by atoms with Crippen molar-refractivity contribution in [3.63, 3.8) is 0 Å². The second-order valence-electron chi connectivity index (χ2n) is 5.35. The Hall–Kier alpha value is -1.75. The van der Waals surface area contributed by atoms with Crippen molar-refractivity contribution in [1.82, 2.24) is 0 Å². The minimum atomic E-state index is 0.0176. The van der Waals surface area contributed by atoms with Crippen LogP contribution in [0.4, 0.5) is 5.69 Å². The molecular weight excluding hydrogens is 244 g/mol. The number of hydrogen-bond acceptors (Lipinski definition) is 4. The Morgan fingerprint density at radius 2 is 2.11 bits per heavy atom. The predicted molar refractivity (Wildman–Crippen MR) is 71.2 cm³/mol. The molecule has 0 bridgehead atoms. The van der Waals surface area contributed by atoms with E-state index in [1.807, 2.05) is 6.07 Å². The van der Waals surface area contributed by atoms with Crippen molar-refractivity contribution in [2.45, 2.75) is 25.7 Å². The Bertz CT molecular complexity index is 492. The van der Waals surface area contributed by atoms with Crippen LogP contribution in [-0.2, 0) is 4.79 Å². The largest absolute Gasteiger partial charge is 0.454 e. The molecule has 1 aromatic rings. The number of carbonyl (C=O) groups is 1. The second kappa shape index (κ2) is 4.74. The van der Waals surface area contributed by atoms with E-state index in [9.17, 15) is 4.79 Å². The number of amides is 1. The molecule has 1 heterocycles. The highest BCUT2D eigenvalue weighted by Gasteiger charge is 2.37. The Morgan fingerprint density at radius 1 is 1.32 bits per heavy atom. The first kappa shape index (κ1) is 12.3. The maximum absolute atomic E-state index is 12.0. The maximum atomic E-state index is 12.0. The molecular formula is C14H18N2O3. The summed E-state index contributed by atoms with van der Waals surface area (Å²) in [6.45, 7) is 0.824. The van der Waals surface area contributed by atoms with E-state index in [0.29, 0.717) is 18.7 Å². The smallest absolute Gasteiger partial charge is 0.231 e. The van der Waals surface area contributed by atoms with Crippen LogP contribution >= 0.6 is 0 Å². The minimum Gasteiger partial charge on any atom is -0.454 e. The van der Waals surface area contributed by atoms with Crippen LogP contribution < -0.4 is 20.5 Å². The molecule has 1 aliphatic heterocycles. The predicted octanol–water partition coefficient (Wildman–Crippen LogP) is 1.87. The summed E-state index contributed by atoms with van der Waals surface area (Å²) < 4.78 is 10.5. The van der Waals surface area contributed by atoms with Crippen molar-refractivity contribution in [2.24, 2.45) is 11.1 Å². The summed E-state index contributed by atoms with van der Waals surface area (Å²) in [6.07, 6.45) is 3.78. The molecule has 0 spiro atoms. The fourth-order valence-corrected chi connectivity index (χ4v) is 2.65. The van der Waals surface area contributed by atoms with Crippen molar-refractivity contribution in [1.29, 1.82) is 0 Å². The zero-order chi connectivity index (χ0) is 13.3. The molecule has 3 rings (SSSR count). The van der Waals surface area contributed by atoms with Crippen LogP contribution in [0.15, 0.2) is 18.2 Å². The third-order valence-corrected chi connectivity index (χ3v) is 4.04. The number of ether oxygens (including phenoxy) is 2. The molecule has 5 heteroatoms. The van der Waals surface area contributed by atoms with Gasteiger partial charge in [-0.3, -0.25) is 4.79 Å². The lowest BCUT2D eigenvalue weighted by Gasteiger charge is -2.40. The van der Waals surface area contributed by atoms with Gasteiger partial charge in [0.25, 0.3) is 0 Å². The molecule has 1 fully saturated rings. The first-order valence-corrected chi connectivity index (χ1v) is 6.60. The van der Waals surface area contributed by atoms with E-state index in [2.05, 4.69) is 5.32 Å². The van der Waals surface area contributed by atoms with Gasteiger partial charge in [-0.25, -0.2) is 0 Å². The Balaban J connectivity index is 1.63. The van der Waals surface area contributed by atoms with Crippen LogP contribution in [-0.4, -0.2) is 19.2 Å². The first-order valence-electron chi connectivity index (χ1n) is 6.60. The number of rotatable bonds is 4. The fraction of sp³-hybridized carbons (Fsp3) is 0.500. The molecule has 0 aromatic heterocycles. The van der Waals surface area contributed by atoms with Gasteiger partial charge in [0.15, 0.2) is 11.5 Å². The number of hydrogen-bond donors (Lipinski definition) is 2. The molecule has 0 unspecified atom stereocenters. The molecule has 102 valence electrons. The van der Waals surface area contributed by atoms with Gasteiger partial charge in [0, 0.05) is 18.2 Å². The molecule has 19 heavy (non-hydrogen) atoms. The monoisotopic (exact) mass is 262 g/mol. The Morgan fingerprint density at radius 3 is 2.79 bits per heavy atom. The number of nitrogens with two attached hydrogens (primary N) is 1. The van der Waals surface area contributed by atoms with Gasteiger partial charge in [-0.15, -0.1) is 0 Å². The van der Waals surface area contributed by atoms with Gasteiger partial charge < -0.3 is 20.5 Å². The molecule has 1 aromatic carbocycles.